The van der Waals surface area contributed by atoms with Crippen molar-refractivity contribution < 1.29 is 9.47 Å². The van der Waals surface area contributed by atoms with Crippen molar-refractivity contribution in [2.24, 2.45) is 5.73 Å². The molecule has 1 aliphatic rings. The monoisotopic (exact) mass is 249 g/mol. The van der Waals surface area contributed by atoms with Gasteiger partial charge in [0, 0.05) is 17.5 Å². The molecule has 2 rings (SSSR count). The van der Waals surface area contributed by atoms with E-state index in [9.17, 15) is 0 Å². The van der Waals surface area contributed by atoms with Gasteiger partial charge in [-0.15, -0.1) is 0 Å². The van der Waals surface area contributed by atoms with E-state index in [1.807, 2.05) is 6.92 Å². The summed E-state index contributed by atoms with van der Waals surface area (Å²) in [6.45, 7) is 2.71. The third-order valence-corrected chi connectivity index (χ3v) is 4.24. The number of hydrogen-bond donors (Lipinski definition) is 1. The van der Waals surface area contributed by atoms with Gasteiger partial charge in [0.2, 0.25) is 0 Å². The number of benzene rings is 1. The van der Waals surface area contributed by atoms with Gasteiger partial charge in [-0.25, -0.2) is 0 Å². The van der Waals surface area contributed by atoms with Gasteiger partial charge < -0.3 is 15.2 Å². The second-order valence-electron chi connectivity index (χ2n) is 5.21. The molecule has 0 amide bonds. The molecule has 2 N–H and O–H groups in total. The first-order valence-corrected chi connectivity index (χ1v) is 6.60. The summed E-state index contributed by atoms with van der Waals surface area (Å²) >= 11 is 0. The normalized spacial score (nSPS) is 17.8. The Labute approximate surface area is 109 Å². The van der Waals surface area contributed by atoms with Crippen LogP contribution >= 0.6 is 0 Å². The number of nitrogens with two attached hydrogens (primary N) is 1. The topological polar surface area (TPSA) is 44.5 Å². The molecule has 0 unspecified atom stereocenters. The van der Waals surface area contributed by atoms with Gasteiger partial charge in [-0.1, -0.05) is 12.8 Å². The van der Waals surface area contributed by atoms with Crippen LogP contribution in [0.25, 0.3) is 0 Å². The first kappa shape index (κ1) is 13.2. The predicted octanol–water partition coefficient (Wildman–Crippen LogP) is 2.78. The molecule has 0 saturated heterocycles. The molecular formula is C15H23NO2. The van der Waals surface area contributed by atoms with Crippen molar-refractivity contribution in [3.63, 3.8) is 0 Å². The van der Waals surface area contributed by atoms with E-state index < -0.39 is 0 Å². The third kappa shape index (κ3) is 2.07. The number of methoxy groups -OCH3 is 2. The second-order valence-corrected chi connectivity index (χ2v) is 5.21. The number of aryl methyl sites for hydroxylation is 1. The van der Waals surface area contributed by atoms with Crippen LogP contribution in [-0.4, -0.2) is 20.8 Å². The smallest absolute Gasteiger partial charge is 0.123 e. The molecule has 1 aromatic carbocycles. The highest BCUT2D eigenvalue weighted by Crippen LogP contribution is 2.45. The molecule has 1 aliphatic carbocycles. The Morgan fingerprint density at radius 3 is 2.22 bits per heavy atom. The Bertz CT molecular complexity index is 423. The summed E-state index contributed by atoms with van der Waals surface area (Å²) in [5, 5.41) is 0. The van der Waals surface area contributed by atoms with Gasteiger partial charge in [-0.3, -0.25) is 0 Å². The molecule has 1 fully saturated rings. The first-order valence-electron chi connectivity index (χ1n) is 6.60. The molecule has 18 heavy (non-hydrogen) atoms. The van der Waals surface area contributed by atoms with Gasteiger partial charge in [0.25, 0.3) is 0 Å². The largest absolute Gasteiger partial charge is 0.496 e. The van der Waals surface area contributed by atoms with Crippen molar-refractivity contribution in [2.45, 2.75) is 38.0 Å². The number of rotatable bonds is 4. The van der Waals surface area contributed by atoms with Crippen LogP contribution in [0, 0.1) is 6.92 Å². The number of hydrogen-bond acceptors (Lipinski definition) is 3. The van der Waals surface area contributed by atoms with Gasteiger partial charge in [0.1, 0.15) is 11.5 Å². The van der Waals surface area contributed by atoms with Gasteiger partial charge in [-0.05, 0) is 37.5 Å². The highest BCUT2D eigenvalue weighted by atomic mass is 16.5. The van der Waals surface area contributed by atoms with Crippen LogP contribution in [0.5, 0.6) is 11.5 Å². The van der Waals surface area contributed by atoms with Crippen molar-refractivity contribution in [1.29, 1.82) is 0 Å². The van der Waals surface area contributed by atoms with Crippen LogP contribution in [0.1, 0.15) is 36.8 Å². The molecule has 1 saturated carbocycles. The van der Waals surface area contributed by atoms with E-state index in [0.29, 0.717) is 6.54 Å². The van der Waals surface area contributed by atoms with Crippen LogP contribution in [0.4, 0.5) is 0 Å². The lowest BCUT2D eigenvalue weighted by atomic mass is 9.78. The van der Waals surface area contributed by atoms with Crippen molar-refractivity contribution in [3.05, 3.63) is 23.3 Å². The Kier molecular flexibility index (Phi) is 3.81. The average molecular weight is 249 g/mol. The summed E-state index contributed by atoms with van der Waals surface area (Å²) in [5.74, 6) is 1.87. The molecular weight excluding hydrogens is 226 g/mol. The maximum Gasteiger partial charge on any atom is 0.123 e. The van der Waals surface area contributed by atoms with Crippen LogP contribution in [0.3, 0.4) is 0 Å². The Hall–Kier alpha value is -1.22. The van der Waals surface area contributed by atoms with E-state index in [0.717, 1.165) is 29.9 Å². The summed E-state index contributed by atoms with van der Waals surface area (Å²) in [7, 11) is 3.44. The Morgan fingerprint density at radius 1 is 1.11 bits per heavy atom. The minimum absolute atomic E-state index is 0.0757. The highest BCUT2D eigenvalue weighted by Gasteiger charge is 2.37. The third-order valence-electron chi connectivity index (χ3n) is 4.24. The van der Waals surface area contributed by atoms with Gasteiger partial charge >= 0.3 is 0 Å². The summed E-state index contributed by atoms with van der Waals surface area (Å²) in [6, 6.07) is 4.18. The molecule has 0 radical (unpaired) electrons. The lowest BCUT2D eigenvalue weighted by Crippen LogP contribution is -2.32. The number of ether oxygens (including phenoxy) is 2. The molecule has 0 atom stereocenters. The average Bonchev–Trinajstić information content (AvgIpc) is 2.88. The van der Waals surface area contributed by atoms with Crippen LogP contribution < -0.4 is 15.2 Å². The van der Waals surface area contributed by atoms with Crippen molar-refractivity contribution >= 4 is 0 Å². The zero-order valence-corrected chi connectivity index (χ0v) is 11.6. The molecule has 0 heterocycles. The minimum atomic E-state index is 0.0757. The first-order chi connectivity index (χ1) is 8.66. The SMILES string of the molecule is COc1cc(C2(CN)CCCC2)c(OC)cc1C. The minimum Gasteiger partial charge on any atom is -0.496 e. The van der Waals surface area contributed by atoms with Gasteiger partial charge in [0.15, 0.2) is 0 Å². The predicted molar refractivity (Wildman–Crippen MR) is 73.5 cm³/mol. The van der Waals surface area contributed by atoms with Crippen molar-refractivity contribution in [1.82, 2.24) is 0 Å². The zero-order chi connectivity index (χ0) is 13.2. The molecule has 0 aliphatic heterocycles. The van der Waals surface area contributed by atoms with E-state index in [4.69, 9.17) is 15.2 Å². The van der Waals surface area contributed by atoms with Gasteiger partial charge in [-0.2, -0.15) is 0 Å². The van der Waals surface area contributed by atoms with Crippen LogP contribution in [0.15, 0.2) is 12.1 Å². The molecule has 100 valence electrons. The molecule has 1 aromatic rings. The molecule has 0 bridgehead atoms. The maximum absolute atomic E-state index is 6.06. The van der Waals surface area contributed by atoms with E-state index >= 15 is 0 Å². The fourth-order valence-electron chi connectivity index (χ4n) is 3.10. The standard InChI is InChI=1S/C15H23NO2/c1-11-8-14(18-3)12(9-13(11)17-2)15(10-16)6-4-5-7-15/h8-9H,4-7,10,16H2,1-3H3. The molecule has 3 nitrogen and oxygen atoms in total. The molecule has 0 aromatic heterocycles. The fourth-order valence-corrected chi connectivity index (χ4v) is 3.10. The van der Waals surface area contributed by atoms with Crippen molar-refractivity contribution in [3.8, 4) is 11.5 Å². The van der Waals surface area contributed by atoms with E-state index in [-0.39, 0.29) is 5.41 Å². The van der Waals surface area contributed by atoms with Crippen LogP contribution in [-0.2, 0) is 5.41 Å². The van der Waals surface area contributed by atoms with Crippen LogP contribution in [0.2, 0.25) is 0 Å². The lowest BCUT2D eigenvalue weighted by Gasteiger charge is -2.30. The van der Waals surface area contributed by atoms with Gasteiger partial charge in [0.05, 0.1) is 14.2 Å². The summed E-state index contributed by atoms with van der Waals surface area (Å²) in [4.78, 5) is 0. The highest BCUT2D eigenvalue weighted by molar-refractivity contribution is 5.50. The Morgan fingerprint density at radius 2 is 1.72 bits per heavy atom. The zero-order valence-electron chi connectivity index (χ0n) is 11.6. The Balaban J connectivity index is 2.53. The van der Waals surface area contributed by atoms with E-state index in [2.05, 4.69) is 12.1 Å². The molecule has 0 spiro atoms. The van der Waals surface area contributed by atoms with E-state index in [1.54, 1.807) is 14.2 Å². The summed E-state index contributed by atoms with van der Waals surface area (Å²) in [6.07, 6.45) is 4.78. The maximum atomic E-state index is 6.06. The fraction of sp³-hybridized carbons (Fsp3) is 0.600. The second kappa shape index (κ2) is 5.19. The molecule has 3 heteroatoms. The quantitative estimate of drug-likeness (QED) is 0.892. The summed E-state index contributed by atoms with van der Waals surface area (Å²) in [5.41, 5.74) is 8.45. The van der Waals surface area contributed by atoms with Crippen molar-refractivity contribution in [2.75, 3.05) is 20.8 Å². The lowest BCUT2D eigenvalue weighted by molar-refractivity contribution is 0.369. The summed E-state index contributed by atoms with van der Waals surface area (Å²) < 4.78 is 11.0. The van der Waals surface area contributed by atoms with E-state index in [1.165, 1.54) is 18.4 Å².